The normalized spacial score (nSPS) is 15.9. The van der Waals surface area contributed by atoms with Crippen LogP contribution < -0.4 is 15.2 Å². The molecule has 0 aliphatic carbocycles. The van der Waals surface area contributed by atoms with Crippen LogP contribution in [0.25, 0.3) is 6.08 Å². The minimum atomic E-state index is 0.148. The van der Waals surface area contributed by atoms with Gasteiger partial charge in [-0.25, -0.2) is 0 Å². The maximum atomic E-state index is 5.73. The Bertz CT molecular complexity index is 400. The summed E-state index contributed by atoms with van der Waals surface area (Å²) in [5.41, 5.74) is 6.46. The second-order valence-electron chi connectivity index (χ2n) is 3.83. The predicted octanol–water partition coefficient (Wildman–Crippen LogP) is 1.44. The molecule has 1 heterocycles. The maximum Gasteiger partial charge on any atom is 0.161 e. The molecule has 0 aromatic heterocycles. The van der Waals surface area contributed by atoms with E-state index in [1.807, 2.05) is 30.4 Å². The lowest BCUT2D eigenvalue weighted by Crippen LogP contribution is -2.38. The Kier molecular flexibility index (Phi) is 4.01. The molecule has 4 heteroatoms. The van der Waals surface area contributed by atoms with E-state index in [0.717, 1.165) is 17.1 Å². The van der Waals surface area contributed by atoms with Gasteiger partial charge in [0.15, 0.2) is 11.5 Å². The van der Waals surface area contributed by atoms with Gasteiger partial charge in [-0.05, 0) is 17.7 Å². The molecule has 0 spiro atoms. The molecule has 2 N–H and O–H groups in total. The van der Waals surface area contributed by atoms with E-state index >= 15 is 0 Å². The van der Waals surface area contributed by atoms with Crippen LogP contribution in [0.3, 0.4) is 0 Å². The standard InChI is InChI=1S/C13H17NO3/c1-15-13-7-10(3-2-6-14)4-5-12(13)17-11-8-16-9-11/h2-5,7,11H,6,8-9,14H2,1H3/b3-2+. The van der Waals surface area contributed by atoms with Crippen LogP contribution >= 0.6 is 0 Å². The van der Waals surface area contributed by atoms with Crippen LogP contribution in [-0.2, 0) is 4.74 Å². The topological polar surface area (TPSA) is 53.7 Å². The first kappa shape index (κ1) is 12.0. The van der Waals surface area contributed by atoms with E-state index in [1.165, 1.54) is 0 Å². The molecule has 0 saturated carbocycles. The molecular weight excluding hydrogens is 218 g/mol. The van der Waals surface area contributed by atoms with E-state index in [2.05, 4.69) is 0 Å². The smallest absolute Gasteiger partial charge is 0.161 e. The fourth-order valence-electron chi connectivity index (χ4n) is 1.55. The summed E-state index contributed by atoms with van der Waals surface area (Å²) in [6.45, 7) is 1.83. The average Bonchev–Trinajstić information content (AvgIpc) is 2.31. The number of benzene rings is 1. The van der Waals surface area contributed by atoms with E-state index in [9.17, 15) is 0 Å². The zero-order valence-electron chi connectivity index (χ0n) is 9.89. The fourth-order valence-corrected chi connectivity index (χ4v) is 1.55. The predicted molar refractivity (Wildman–Crippen MR) is 66.3 cm³/mol. The van der Waals surface area contributed by atoms with E-state index in [0.29, 0.717) is 19.8 Å². The van der Waals surface area contributed by atoms with Crippen molar-refractivity contribution in [2.75, 3.05) is 26.9 Å². The van der Waals surface area contributed by atoms with Crippen molar-refractivity contribution in [3.63, 3.8) is 0 Å². The van der Waals surface area contributed by atoms with E-state index in [4.69, 9.17) is 19.9 Å². The number of rotatable bonds is 5. The Morgan fingerprint density at radius 3 is 2.82 bits per heavy atom. The molecule has 1 aliphatic rings. The molecule has 1 aliphatic heterocycles. The third-order valence-electron chi connectivity index (χ3n) is 2.54. The second kappa shape index (κ2) is 5.70. The summed E-state index contributed by atoms with van der Waals surface area (Å²) in [6.07, 6.45) is 4.00. The van der Waals surface area contributed by atoms with Gasteiger partial charge in [-0.1, -0.05) is 18.2 Å². The zero-order chi connectivity index (χ0) is 12.1. The third-order valence-corrected chi connectivity index (χ3v) is 2.54. The molecule has 1 aromatic carbocycles. The Hall–Kier alpha value is -1.52. The lowest BCUT2D eigenvalue weighted by molar-refractivity contribution is -0.0803. The highest BCUT2D eigenvalue weighted by Gasteiger charge is 2.21. The molecule has 92 valence electrons. The molecular formula is C13H17NO3. The summed E-state index contributed by atoms with van der Waals surface area (Å²) in [4.78, 5) is 0. The SMILES string of the molecule is COc1cc(/C=C/CN)ccc1OC1COC1. The van der Waals surface area contributed by atoms with Crippen LogP contribution in [0.1, 0.15) is 5.56 Å². The third kappa shape index (κ3) is 2.99. The van der Waals surface area contributed by atoms with Crippen LogP contribution in [-0.4, -0.2) is 33.0 Å². The van der Waals surface area contributed by atoms with Crippen molar-refractivity contribution in [1.82, 2.24) is 0 Å². The molecule has 1 aromatic rings. The lowest BCUT2D eigenvalue weighted by Gasteiger charge is -2.27. The Balaban J connectivity index is 2.12. The Labute approximate surface area is 101 Å². The molecule has 1 saturated heterocycles. The van der Waals surface area contributed by atoms with Crippen LogP contribution in [0.15, 0.2) is 24.3 Å². The van der Waals surface area contributed by atoms with Gasteiger partial charge in [-0.2, -0.15) is 0 Å². The molecule has 0 bridgehead atoms. The second-order valence-corrected chi connectivity index (χ2v) is 3.83. The van der Waals surface area contributed by atoms with Crippen molar-refractivity contribution >= 4 is 6.08 Å². The minimum Gasteiger partial charge on any atom is -0.493 e. The van der Waals surface area contributed by atoms with Gasteiger partial charge >= 0.3 is 0 Å². The number of nitrogens with two attached hydrogens (primary N) is 1. The van der Waals surface area contributed by atoms with E-state index in [-0.39, 0.29) is 6.10 Å². The quantitative estimate of drug-likeness (QED) is 0.839. The van der Waals surface area contributed by atoms with Crippen molar-refractivity contribution in [2.45, 2.75) is 6.10 Å². The Morgan fingerprint density at radius 2 is 2.24 bits per heavy atom. The van der Waals surface area contributed by atoms with Gasteiger partial charge in [0.2, 0.25) is 0 Å². The highest BCUT2D eigenvalue weighted by atomic mass is 16.6. The van der Waals surface area contributed by atoms with E-state index in [1.54, 1.807) is 7.11 Å². The first-order chi connectivity index (χ1) is 8.33. The summed E-state index contributed by atoms with van der Waals surface area (Å²) in [7, 11) is 1.63. The number of methoxy groups -OCH3 is 1. The summed E-state index contributed by atoms with van der Waals surface area (Å²) in [5, 5.41) is 0. The molecule has 17 heavy (non-hydrogen) atoms. The summed E-state index contributed by atoms with van der Waals surface area (Å²) < 4.78 is 16.1. The highest BCUT2D eigenvalue weighted by molar-refractivity contribution is 5.56. The number of ether oxygens (including phenoxy) is 3. The van der Waals surface area contributed by atoms with Gasteiger partial charge in [-0.15, -0.1) is 0 Å². The van der Waals surface area contributed by atoms with Gasteiger partial charge in [-0.3, -0.25) is 0 Å². The van der Waals surface area contributed by atoms with E-state index < -0.39 is 0 Å². The first-order valence-electron chi connectivity index (χ1n) is 5.62. The van der Waals surface area contributed by atoms with Crippen LogP contribution in [0, 0.1) is 0 Å². The number of hydrogen-bond donors (Lipinski definition) is 1. The van der Waals surface area contributed by atoms with Gasteiger partial charge in [0.05, 0.1) is 20.3 Å². The molecule has 0 atom stereocenters. The van der Waals surface area contributed by atoms with Crippen LogP contribution in [0.4, 0.5) is 0 Å². The van der Waals surface area contributed by atoms with Crippen molar-refractivity contribution < 1.29 is 14.2 Å². The molecule has 1 fully saturated rings. The molecule has 0 radical (unpaired) electrons. The summed E-state index contributed by atoms with van der Waals surface area (Å²) >= 11 is 0. The van der Waals surface area contributed by atoms with Crippen LogP contribution in [0.5, 0.6) is 11.5 Å². The summed E-state index contributed by atoms with van der Waals surface area (Å²) in [6, 6.07) is 5.82. The highest BCUT2D eigenvalue weighted by Crippen LogP contribution is 2.30. The largest absolute Gasteiger partial charge is 0.493 e. The molecule has 0 amide bonds. The average molecular weight is 235 g/mol. The van der Waals surface area contributed by atoms with Gasteiger partial charge in [0, 0.05) is 6.54 Å². The maximum absolute atomic E-state index is 5.73. The monoisotopic (exact) mass is 235 g/mol. The molecule has 0 unspecified atom stereocenters. The minimum absolute atomic E-state index is 0.148. The first-order valence-corrected chi connectivity index (χ1v) is 5.62. The number of hydrogen-bond acceptors (Lipinski definition) is 4. The summed E-state index contributed by atoms with van der Waals surface area (Å²) in [5.74, 6) is 1.49. The van der Waals surface area contributed by atoms with Gasteiger partial charge in [0.1, 0.15) is 6.10 Å². The van der Waals surface area contributed by atoms with Crippen molar-refractivity contribution in [3.8, 4) is 11.5 Å². The Morgan fingerprint density at radius 1 is 1.41 bits per heavy atom. The lowest BCUT2D eigenvalue weighted by atomic mass is 10.2. The molecule has 2 rings (SSSR count). The fraction of sp³-hybridized carbons (Fsp3) is 0.385. The zero-order valence-corrected chi connectivity index (χ0v) is 9.89. The van der Waals surface area contributed by atoms with Crippen molar-refractivity contribution in [1.29, 1.82) is 0 Å². The van der Waals surface area contributed by atoms with Crippen LogP contribution in [0.2, 0.25) is 0 Å². The van der Waals surface area contributed by atoms with Gasteiger partial charge in [0.25, 0.3) is 0 Å². The van der Waals surface area contributed by atoms with Crippen molar-refractivity contribution in [2.24, 2.45) is 5.73 Å². The molecule has 4 nitrogen and oxygen atoms in total. The van der Waals surface area contributed by atoms with Crippen molar-refractivity contribution in [3.05, 3.63) is 29.8 Å². The van der Waals surface area contributed by atoms with Gasteiger partial charge < -0.3 is 19.9 Å².